The Morgan fingerprint density at radius 2 is 2.26 bits per heavy atom. The monoisotopic (exact) mass is 264 g/mol. The number of nitrogens with zero attached hydrogens (tertiary/aromatic N) is 1. The molecule has 3 N–H and O–H groups in total. The number of hydrogen-bond donors (Lipinski definition) is 2. The Kier molecular flexibility index (Phi) is 4.66. The van der Waals surface area contributed by atoms with Crippen LogP contribution < -0.4 is 10.5 Å². The third-order valence-corrected chi connectivity index (χ3v) is 3.65. The number of nitrogen functional groups attached to an aromatic ring is 1. The van der Waals surface area contributed by atoms with Crippen molar-refractivity contribution in [3.05, 3.63) is 24.3 Å². The molecule has 0 heterocycles. The molecule has 0 aliphatic heterocycles. The molecule has 0 radical (unpaired) electrons. The highest BCUT2D eigenvalue weighted by Gasteiger charge is 2.33. The molecule has 106 valence electrons. The quantitative estimate of drug-likeness (QED) is 0.734. The van der Waals surface area contributed by atoms with Crippen LogP contribution in [0.1, 0.15) is 13.3 Å². The minimum atomic E-state index is -0.472. The van der Waals surface area contributed by atoms with E-state index < -0.39 is 6.10 Å². The number of rotatable bonds is 7. The molecule has 1 fully saturated rings. The first-order chi connectivity index (χ1) is 9.04. The van der Waals surface area contributed by atoms with Crippen LogP contribution in [0.3, 0.4) is 0 Å². The second kappa shape index (κ2) is 6.26. The van der Waals surface area contributed by atoms with Crippen LogP contribution in [0.5, 0.6) is 5.75 Å². The first-order valence-corrected chi connectivity index (χ1v) is 6.89. The second-order valence-electron chi connectivity index (χ2n) is 5.73. The van der Waals surface area contributed by atoms with Gasteiger partial charge in [0.2, 0.25) is 0 Å². The van der Waals surface area contributed by atoms with Crippen molar-refractivity contribution in [2.24, 2.45) is 11.8 Å². The highest BCUT2D eigenvalue weighted by molar-refractivity contribution is 5.43. The number of aliphatic hydroxyl groups is 1. The van der Waals surface area contributed by atoms with Gasteiger partial charge in [0.25, 0.3) is 0 Å². The van der Waals surface area contributed by atoms with Gasteiger partial charge in [0.15, 0.2) is 0 Å². The summed E-state index contributed by atoms with van der Waals surface area (Å²) in [4.78, 5) is 2.18. The molecule has 0 spiro atoms. The lowest BCUT2D eigenvalue weighted by Gasteiger charge is -2.20. The lowest BCUT2D eigenvalue weighted by atomic mass is 10.3. The van der Waals surface area contributed by atoms with Gasteiger partial charge in [0.1, 0.15) is 18.5 Å². The van der Waals surface area contributed by atoms with Crippen LogP contribution in [0, 0.1) is 11.8 Å². The fourth-order valence-electron chi connectivity index (χ4n) is 2.34. The minimum Gasteiger partial charge on any atom is -0.491 e. The zero-order valence-corrected chi connectivity index (χ0v) is 11.7. The third-order valence-electron chi connectivity index (χ3n) is 3.65. The molecule has 0 bridgehead atoms. The molecule has 4 heteroatoms. The molecular formula is C15H24N2O2. The van der Waals surface area contributed by atoms with Gasteiger partial charge in [-0.25, -0.2) is 0 Å². The summed E-state index contributed by atoms with van der Waals surface area (Å²) in [6, 6.07) is 7.27. The number of benzene rings is 1. The Labute approximate surface area is 115 Å². The van der Waals surface area contributed by atoms with E-state index >= 15 is 0 Å². The van der Waals surface area contributed by atoms with Crippen molar-refractivity contribution in [2.45, 2.75) is 19.4 Å². The van der Waals surface area contributed by atoms with E-state index in [1.165, 1.54) is 6.42 Å². The summed E-state index contributed by atoms with van der Waals surface area (Å²) >= 11 is 0. The van der Waals surface area contributed by atoms with Gasteiger partial charge in [-0.05, 0) is 37.4 Å². The van der Waals surface area contributed by atoms with Crippen LogP contribution in [0.2, 0.25) is 0 Å². The van der Waals surface area contributed by atoms with Crippen LogP contribution >= 0.6 is 0 Å². The van der Waals surface area contributed by atoms with Crippen LogP contribution in [0.25, 0.3) is 0 Å². The molecule has 3 atom stereocenters. The fourth-order valence-corrected chi connectivity index (χ4v) is 2.34. The molecule has 19 heavy (non-hydrogen) atoms. The van der Waals surface area contributed by atoms with E-state index in [9.17, 15) is 5.11 Å². The van der Waals surface area contributed by atoms with E-state index in [1.54, 1.807) is 6.07 Å². The molecule has 1 saturated carbocycles. The normalized spacial score (nSPS) is 23.4. The molecule has 2 rings (SSSR count). The zero-order valence-electron chi connectivity index (χ0n) is 11.7. The number of aliphatic hydroxyl groups excluding tert-OH is 1. The Balaban J connectivity index is 1.67. The minimum absolute atomic E-state index is 0.300. The van der Waals surface area contributed by atoms with Crippen LogP contribution in [0.15, 0.2) is 24.3 Å². The van der Waals surface area contributed by atoms with Crippen molar-refractivity contribution in [2.75, 3.05) is 32.5 Å². The molecule has 1 aromatic carbocycles. The highest BCUT2D eigenvalue weighted by atomic mass is 16.5. The van der Waals surface area contributed by atoms with E-state index in [2.05, 4.69) is 18.9 Å². The van der Waals surface area contributed by atoms with Gasteiger partial charge in [0.05, 0.1) is 0 Å². The standard InChI is InChI=1S/C15H24N2O2/c1-11-6-12(11)8-17(2)9-14(18)10-19-15-5-3-4-13(16)7-15/h3-5,7,11-12,14,18H,6,8-10,16H2,1-2H3. The summed E-state index contributed by atoms with van der Waals surface area (Å²) in [5.41, 5.74) is 6.34. The largest absolute Gasteiger partial charge is 0.491 e. The number of hydrogen-bond acceptors (Lipinski definition) is 4. The molecular weight excluding hydrogens is 240 g/mol. The van der Waals surface area contributed by atoms with Crippen LogP contribution in [0.4, 0.5) is 5.69 Å². The lowest BCUT2D eigenvalue weighted by molar-refractivity contribution is 0.0748. The number of likely N-dealkylation sites (N-methyl/N-ethyl adjacent to an activating group) is 1. The Morgan fingerprint density at radius 3 is 2.89 bits per heavy atom. The Bertz CT molecular complexity index is 411. The smallest absolute Gasteiger partial charge is 0.121 e. The topological polar surface area (TPSA) is 58.7 Å². The lowest BCUT2D eigenvalue weighted by Crippen LogP contribution is -2.34. The predicted molar refractivity (Wildman–Crippen MR) is 77.1 cm³/mol. The molecule has 1 aromatic rings. The third kappa shape index (κ3) is 4.73. The molecule has 0 saturated heterocycles. The maximum Gasteiger partial charge on any atom is 0.121 e. The molecule has 0 amide bonds. The molecule has 0 aromatic heterocycles. The van der Waals surface area contributed by atoms with Crippen LogP contribution in [-0.2, 0) is 0 Å². The van der Waals surface area contributed by atoms with Crippen molar-refractivity contribution < 1.29 is 9.84 Å². The van der Waals surface area contributed by atoms with Gasteiger partial charge in [-0.3, -0.25) is 0 Å². The maximum atomic E-state index is 9.95. The molecule has 3 unspecified atom stereocenters. The van der Waals surface area contributed by atoms with Gasteiger partial charge in [-0.15, -0.1) is 0 Å². The number of anilines is 1. The van der Waals surface area contributed by atoms with E-state index in [4.69, 9.17) is 10.5 Å². The fraction of sp³-hybridized carbons (Fsp3) is 0.600. The van der Waals surface area contributed by atoms with Crippen molar-refractivity contribution in [1.29, 1.82) is 0 Å². The van der Waals surface area contributed by atoms with Gasteiger partial charge in [-0.2, -0.15) is 0 Å². The first kappa shape index (κ1) is 14.2. The average molecular weight is 264 g/mol. The summed E-state index contributed by atoms with van der Waals surface area (Å²) in [6.45, 7) is 4.29. The Morgan fingerprint density at radius 1 is 1.53 bits per heavy atom. The highest BCUT2D eigenvalue weighted by Crippen LogP contribution is 2.37. The number of ether oxygens (including phenoxy) is 1. The SMILES string of the molecule is CC1CC1CN(C)CC(O)COc1cccc(N)c1. The summed E-state index contributed by atoms with van der Waals surface area (Å²) in [6.07, 6.45) is 0.848. The van der Waals surface area contributed by atoms with Crippen LogP contribution in [-0.4, -0.2) is 42.9 Å². The number of nitrogens with two attached hydrogens (primary N) is 1. The van der Waals surface area contributed by atoms with E-state index in [-0.39, 0.29) is 0 Å². The predicted octanol–water partition coefficient (Wildman–Crippen LogP) is 1.60. The van der Waals surface area contributed by atoms with Crippen molar-refractivity contribution >= 4 is 5.69 Å². The van der Waals surface area contributed by atoms with E-state index in [0.29, 0.717) is 24.6 Å². The second-order valence-corrected chi connectivity index (χ2v) is 5.73. The average Bonchev–Trinajstić information content (AvgIpc) is 3.02. The molecule has 1 aliphatic carbocycles. The van der Waals surface area contributed by atoms with Gasteiger partial charge in [0, 0.05) is 24.8 Å². The van der Waals surface area contributed by atoms with Crippen molar-refractivity contribution in [1.82, 2.24) is 4.90 Å². The van der Waals surface area contributed by atoms with Gasteiger partial charge < -0.3 is 20.5 Å². The summed E-state index contributed by atoms with van der Waals surface area (Å²) in [5.74, 6) is 2.37. The maximum absolute atomic E-state index is 9.95. The van der Waals surface area contributed by atoms with Gasteiger partial charge >= 0.3 is 0 Å². The van der Waals surface area contributed by atoms with E-state index in [1.807, 2.05) is 18.2 Å². The zero-order chi connectivity index (χ0) is 13.8. The van der Waals surface area contributed by atoms with E-state index in [0.717, 1.165) is 18.4 Å². The van der Waals surface area contributed by atoms with Crippen molar-refractivity contribution in [3.63, 3.8) is 0 Å². The first-order valence-electron chi connectivity index (χ1n) is 6.89. The summed E-state index contributed by atoms with van der Waals surface area (Å²) in [7, 11) is 2.05. The summed E-state index contributed by atoms with van der Waals surface area (Å²) in [5, 5.41) is 9.95. The molecule has 1 aliphatic rings. The molecule has 4 nitrogen and oxygen atoms in total. The summed E-state index contributed by atoms with van der Waals surface area (Å²) < 4.78 is 5.53. The van der Waals surface area contributed by atoms with Crippen molar-refractivity contribution in [3.8, 4) is 5.75 Å². The van der Waals surface area contributed by atoms with Gasteiger partial charge in [-0.1, -0.05) is 13.0 Å². The Hall–Kier alpha value is -1.26.